The Bertz CT molecular complexity index is 182. The van der Waals surface area contributed by atoms with Crippen LogP contribution in [0.3, 0.4) is 0 Å². The van der Waals surface area contributed by atoms with E-state index < -0.39 is 0 Å². The monoisotopic (exact) mass is 158 g/mol. The summed E-state index contributed by atoms with van der Waals surface area (Å²) in [5.74, 6) is 0.518. The molecule has 1 aliphatic rings. The Morgan fingerprint density at radius 3 is 3.00 bits per heavy atom. The van der Waals surface area contributed by atoms with E-state index in [9.17, 15) is 0 Å². The van der Waals surface area contributed by atoms with Crippen molar-refractivity contribution < 1.29 is 5.11 Å². The van der Waals surface area contributed by atoms with Gasteiger partial charge in [-0.05, 0) is 17.9 Å². The van der Waals surface area contributed by atoms with Gasteiger partial charge in [-0.3, -0.25) is 0 Å². The van der Waals surface area contributed by atoms with Crippen molar-refractivity contribution in [3.05, 3.63) is 22.8 Å². The van der Waals surface area contributed by atoms with Crippen molar-refractivity contribution in [3.63, 3.8) is 0 Å². The summed E-state index contributed by atoms with van der Waals surface area (Å²) in [6.07, 6.45) is 4.96. The zero-order valence-corrected chi connectivity index (χ0v) is 6.73. The van der Waals surface area contributed by atoms with E-state index in [2.05, 4.69) is 6.92 Å². The van der Waals surface area contributed by atoms with E-state index in [4.69, 9.17) is 16.7 Å². The summed E-state index contributed by atoms with van der Waals surface area (Å²) in [5.41, 5.74) is 0.861. The fourth-order valence-corrected chi connectivity index (χ4v) is 1.25. The molecule has 0 bridgehead atoms. The summed E-state index contributed by atoms with van der Waals surface area (Å²) < 4.78 is 0. The number of aliphatic hydroxyl groups excluding tert-OH is 1. The van der Waals surface area contributed by atoms with E-state index in [0.29, 0.717) is 11.0 Å². The van der Waals surface area contributed by atoms with Gasteiger partial charge in [0, 0.05) is 5.03 Å². The molecule has 0 fully saturated rings. The van der Waals surface area contributed by atoms with Crippen molar-refractivity contribution in [2.24, 2.45) is 5.92 Å². The maximum Gasteiger partial charge on any atom is 0.0693 e. The molecule has 10 heavy (non-hydrogen) atoms. The van der Waals surface area contributed by atoms with Crippen LogP contribution in [0.2, 0.25) is 0 Å². The molecule has 1 atom stereocenters. The Morgan fingerprint density at radius 2 is 2.50 bits per heavy atom. The molecule has 0 amide bonds. The average Bonchev–Trinajstić information content (AvgIpc) is 1.94. The minimum absolute atomic E-state index is 0.0552. The largest absolute Gasteiger partial charge is 0.392 e. The van der Waals surface area contributed by atoms with Crippen LogP contribution >= 0.6 is 11.6 Å². The molecule has 1 rings (SSSR count). The van der Waals surface area contributed by atoms with Gasteiger partial charge in [-0.15, -0.1) is 0 Å². The summed E-state index contributed by atoms with van der Waals surface area (Å²) in [6.45, 7) is 2.16. The molecule has 1 N–H and O–H groups in total. The summed E-state index contributed by atoms with van der Waals surface area (Å²) in [5, 5.41) is 9.49. The van der Waals surface area contributed by atoms with Gasteiger partial charge in [0.2, 0.25) is 0 Å². The zero-order chi connectivity index (χ0) is 7.56. The molecule has 1 nitrogen and oxygen atoms in total. The minimum atomic E-state index is 0.0552. The van der Waals surface area contributed by atoms with Gasteiger partial charge in [0.05, 0.1) is 6.61 Å². The van der Waals surface area contributed by atoms with Crippen molar-refractivity contribution in [1.29, 1.82) is 0 Å². The molecule has 0 heterocycles. The van der Waals surface area contributed by atoms with Gasteiger partial charge in [0.25, 0.3) is 0 Å². The second-order valence-corrected chi connectivity index (χ2v) is 3.02. The molecule has 0 aromatic heterocycles. The van der Waals surface area contributed by atoms with Crippen molar-refractivity contribution in [1.82, 2.24) is 0 Å². The van der Waals surface area contributed by atoms with Crippen LogP contribution < -0.4 is 0 Å². The van der Waals surface area contributed by atoms with Crippen LogP contribution in [0.15, 0.2) is 22.8 Å². The van der Waals surface area contributed by atoms with Crippen LogP contribution in [-0.2, 0) is 0 Å². The first kappa shape index (κ1) is 7.83. The van der Waals surface area contributed by atoms with Crippen LogP contribution in [0.4, 0.5) is 0 Å². The zero-order valence-electron chi connectivity index (χ0n) is 5.97. The van der Waals surface area contributed by atoms with Gasteiger partial charge in [-0.25, -0.2) is 0 Å². The summed E-state index contributed by atoms with van der Waals surface area (Å²) in [6, 6.07) is 0. The SMILES string of the molecule is C[C@H]1C=C(CO)C(Cl)=CC1. The lowest BCUT2D eigenvalue weighted by Crippen LogP contribution is -2.01. The first-order chi connectivity index (χ1) is 4.74. The highest BCUT2D eigenvalue weighted by molar-refractivity contribution is 6.32. The Labute approximate surface area is 66.0 Å². The molecule has 56 valence electrons. The molecule has 0 radical (unpaired) electrons. The summed E-state index contributed by atoms with van der Waals surface area (Å²) in [4.78, 5) is 0. The highest BCUT2D eigenvalue weighted by Crippen LogP contribution is 2.24. The van der Waals surface area contributed by atoms with Crippen LogP contribution in [0.25, 0.3) is 0 Å². The van der Waals surface area contributed by atoms with Gasteiger partial charge < -0.3 is 5.11 Å². The van der Waals surface area contributed by atoms with Crippen LogP contribution in [0.1, 0.15) is 13.3 Å². The lowest BCUT2D eigenvalue weighted by atomic mass is 9.98. The third kappa shape index (κ3) is 1.61. The Balaban J connectivity index is 2.74. The predicted molar refractivity (Wildman–Crippen MR) is 42.9 cm³/mol. The topological polar surface area (TPSA) is 20.2 Å². The van der Waals surface area contributed by atoms with Gasteiger partial charge in [0.1, 0.15) is 0 Å². The van der Waals surface area contributed by atoms with Gasteiger partial charge >= 0.3 is 0 Å². The van der Waals surface area contributed by atoms with E-state index in [0.717, 1.165) is 12.0 Å². The first-order valence-electron chi connectivity index (χ1n) is 3.41. The van der Waals surface area contributed by atoms with Crippen molar-refractivity contribution in [2.45, 2.75) is 13.3 Å². The maximum absolute atomic E-state index is 8.79. The number of allylic oxidation sites excluding steroid dienone is 2. The maximum atomic E-state index is 8.79. The van der Waals surface area contributed by atoms with Gasteiger partial charge in [-0.1, -0.05) is 30.7 Å². The molecule has 0 aromatic carbocycles. The molecule has 0 unspecified atom stereocenters. The third-order valence-electron chi connectivity index (χ3n) is 1.63. The Kier molecular flexibility index (Phi) is 2.52. The summed E-state index contributed by atoms with van der Waals surface area (Å²) >= 11 is 5.78. The molecule has 2 heteroatoms. The highest BCUT2D eigenvalue weighted by atomic mass is 35.5. The van der Waals surface area contributed by atoms with Crippen molar-refractivity contribution in [2.75, 3.05) is 6.61 Å². The van der Waals surface area contributed by atoms with Crippen LogP contribution in [0.5, 0.6) is 0 Å². The molecule has 0 saturated heterocycles. The van der Waals surface area contributed by atoms with Crippen LogP contribution in [0, 0.1) is 5.92 Å². The fourth-order valence-electron chi connectivity index (χ4n) is 1.04. The second-order valence-electron chi connectivity index (χ2n) is 2.62. The number of rotatable bonds is 1. The third-order valence-corrected chi connectivity index (χ3v) is 2.03. The van der Waals surface area contributed by atoms with Gasteiger partial charge in [-0.2, -0.15) is 0 Å². The number of hydrogen-bond donors (Lipinski definition) is 1. The van der Waals surface area contributed by atoms with Crippen LogP contribution in [-0.4, -0.2) is 11.7 Å². The summed E-state index contributed by atoms with van der Waals surface area (Å²) in [7, 11) is 0. The Hall–Kier alpha value is -0.270. The van der Waals surface area contributed by atoms with Crippen molar-refractivity contribution in [3.8, 4) is 0 Å². The normalized spacial score (nSPS) is 25.7. The standard InChI is InChI=1S/C8H11ClO/c1-6-2-3-8(9)7(4-6)5-10/h3-4,6,10H,2,5H2,1H3/t6-/m1/s1. The van der Waals surface area contributed by atoms with E-state index in [1.165, 1.54) is 0 Å². The molecule has 0 saturated carbocycles. The van der Waals surface area contributed by atoms with Gasteiger partial charge in [0.15, 0.2) is 0 Å². The predicted octanol–water partition coefficient (Wildman–Crippen LogP) is 2.07. The quantitative estimate of drug-likeness (QED) is 0.620. The van der Waals surface area contributed by atoms with E-state index in [-0.39, 0.29) is 6.61 Å². The average molecular weight is 159 g/mol. The molecular formula is C8H11ClO. The fraction of sp³-hybridized carbons (Fsp3) is 0.500. The number of hydrogen-bond acceptors (Lipinski definition) is 1. The molecule has 0 aromatic rings. The van der Waals surface area contributed by atoms with Crippen molar-refractivity contribution >= 4 is 11.6 Å². The van der Waals surface area contributed by atoms with E-state index in [1.807, 2.05) is 12.2 Å². The minimum Gasteiger partial charge on any atom is -0.392 e. The van der Waals surface area contributed by atoms with E-state index >= 15 is 0 Å². The highest BCUT2D eigenvalue weighted by Gasteiger charge is 2.08. The lowest BCUT2D eigenvalue weighted by molar-refractivity contribution is 0.332. The first-order valence-corrected chi connectivity index (χ1v) is 3.79. The molecule has 0 spiro atoms. The second kappa shape index (κ2) is 3.22. The molecule has 0 aliphatic heterocycles. The number of aliphatic hydroxyl groups is 1. The molecule has 1 aliphatic carbocycles. The lowest BCUT2D eigenvalue weighted by Gasteiger charge is -2.12. The molecular weight excluding hydrogens is 148 g/mol. The smallest absolute Gasteiger partial charge is 0.0693 e. The van der Waals surface area contributed by atoms with E-state index in [1.54, 1.807) is 0 Å². The Morgan fingerprint density at radius 1 is 1.80 bits per heavy atom. The number of halogens is 1.